The largest absolute Gasteiger partial charge is 0.462 e. The minimum atomic E-state index is -0.472. The van der Waals surface area contributed by atoms with Gasteiger partial charge >= 0.3 is 5.97 Å². The molecule has 0 N–H and O–H groups in total. The zero-order valence-electron chi connectivity index (χ0n) is 11.4. The van der Waals surface area contributed by atoms with E-state index in [0.717, 1.165) is 0 Å². The van der Waals surface area contributed by atoms with E-state index in [4.69, 9.17) is 10.00 Å². The second-order valence-electron chi connectivity index (χ2n) is 4.14. The molecular formula is C13H13N3O3S. The fourth-order valence-corrected chi connectivity index (χ4v) is 2.97. The number of hydrogen-bond acceptors (Lipinski definition) is 6. The Bertz CT molecular complexity index is 783. The van der Waals surface area contributed by atoms with E-state index in [2.05, 4.69) is 4.98 Å². The van der Waals surface area contributed by atoms with Gasteiger partial charge in [-0.05, 0) is 20.8 Å². The standard InChI is InChI=1S/C13H13N3O3S/c1-4-19-13(18)11-10-9(7(2)20-11)12(17)16(6-5-14)8(3)15-10/h4,6H2,1-3H3. The quantitative estimate of drug-likeness (QED) is 0.805. The number of aromatic nitrogens is 2. The zero-order valence-corrected chi connectivity index (χ0v) is 12.2. The van der Waals surface area contributed by atoms with Crippen LogP contribution in [0.15, 0.2) is 4.79 Å². The van der Waals surface area contributed by atoms with Gasteiger partial charge in [0.1, 0.15) is 22.8 Å². The molecule has 7 heteroatoms. The number of nitrogens with zero attached hydrogens (tertiary/aromatic N) is 3. The average Bonchev–Trinajstić information content (AvgIpc) is 2.72. The van der Waals surface area contributed by atoms with Gasteiger partial charge < -0.3 is 4.74 Å². The SMILES string of the molecule is CCOC(=O)c1sc(C)c2c(=O)n(CC#N)c(C)nc12. The van der Waals surface area contributed by atoms with Gasteiger partial charge in [0.15, 0.2) is 0 Å². The van der Waals surface area contributed by atoms with Crippen molar-refractivity contribution in [1.82, 2.24) is 9.55 Å². The van der Waals surface area contributed by atoms with Crippen LogP contribution >= 0.6 is 11.3 Å². The van der Waals surface area contributed by atoms with Gasteiger partial charge in [-0.25, -0.2) is 9.78 Å². The van der Waals surface area contributed by atoms with Crippen molar-refractivity contribution in [2.75, 3.05) is 6.61 Å². The molecule has 0 saturated carbocycles. The molecule has 0 spiro atoms. The van der Waals surface area contributed by atoms with Gasteiger partial charge in [-0.2, -0.15) is 5.26 Å². The van der Waals surface area contributed by atoms with Crippen molar-refractivity contribution in [3.05, 3.63) is 25.9 Å². The Kier molecular flexibility index (Phi) is 3.86. The number of ether oxygens (including phenoxy) is 1. The third kappa shape index (κ3) is 2.18. The molecular weight excluding hydrogens is 278 g/mol. The maximum Gasteiger partial charge on any atom is 0.350 e. The lowest BCUT2D eigenvalue weighted by Gasteiger charge is -2.05. The highest BCUT2D eigenvalue weighted by Gasteiger charge is 2.21. The number of carbonyl (C=O) groups is 1. The number of carbonyl (C=O) groups excluding carboxylic acids is 1. The summed E-state index contributed by atoms with van der Waals surface area (Å²) in [6.07, 6.45) is 0. The van der Waals surface area contributed by atoms with E-state index < -0.39 is 5.97 Å². The van der Waals surface area contributed by atoms with Crippen LogP contribution in [0.25, 0.3) is 10.9 Å². The Labute approximate surface area is 119 Å². The summed E-state index contributed by atoms with van der Waals surface area (Å²) in [6.45, 7) is 5.32. The van der Waals surface area contributed by atoms with Crippen molar-refractivity contribution in [2.24, 2.45) is 0 Å². The van der Waals surface area contributed by atoms with Gasteiger partial charge in [-0.15, -0.1) is 11.3 Å². The number of fused-ring (bicyclic) bond motifs is 1. The lowest BCUT2D eigenvalue weighted by molar-refractivity contribution is 0.0534. The van der Waals surface area contributed by atoms with Crippen LogP contribution in [0.4, 0.5) is 0 Å². The Morgan fingerprint density at radius 2 is 2.20 bits per heavy atom. The molecule has 0 aliphatic heterocycles. The first-order valence-electron chi connectivity index (χ1n) is 6.05. The summed E-state index contributed by atoms with van der Waals surface area (Å²) >= 11 is 1.19. The van der Waals surface area contributed by atoms with Gasteiger partial charge in [0.05, 0.1) is 18.1 Å². The van der Waals surface area contributed by atoms with Gasteiger partial charge in [-0.1, -0.05) is 0 Å². The second kappa shape index (κ2) is 5.43. The highest BCUT2D eigenvalue weighted by Crippen LogP contribution is 2.27. The molecule has 2 heterocycles. The first kappa shape index (κ1) is 14.2. The van der Waals surface area contributed by atoms with Crippen molar-refractivity contribution in [1.29, 1.82) is 5.26 Å². The van der Waals surface area contributed by atoms with E-state index in [1.807, 2.05) is 6.07 Å². The van der Waals surface area contributed by atoms with Crippen molar-refractivity contribution >= 4 is 28.2 Å². The average molecular weight is 291 g/mol. The summed E-state index contributed by atoms with van der Waals surface area (Å²) in [6, 6.07) is 1.93. The summed E-state index contributed by atoms with van der Waals surface area (Å²) in [7, 11) is 0. The van der Waals surface area contributed by atoms with E-state index in [0.29, 0.717) is 26.5 Å². The zero-order chi connectivity index (χ0) is 14.9. The molecule has 20 heavy (non-hydrogen) atoms. The van der Waals surface area contributed by atoms with Crippen LogP contribution in [0.1, 0.15) is 27.3 Å². The Morgan fingerprint density at radius 1 is 1.50 bits per heavy atom. The molecule has 0 saturated heterocycles. The minimum Gasteiger partial charge on any atom is -0.462 e. The van der Waals surface area contributed by atoms with E-state index >= 15 is 0 Å². The second-order valence-corrected chi connectivity index (χ2v) is 5.36. The molecule has 2 rings (SSSR count). The van der Waals surface area contributed by atoms with Crippen LogP contribution in [0.5, 0.6) is 0 Å². The maximum atomic E-state index is 12.4. The third-order valence-corrected chi connectivity index (χ3v) is 3.95. The Morgan fingerprint density at radius 3 is 2.80 bits per heavy atom. The molecule has 0 amide bonds. The number of hydrogen-bond donors (Lipinski definition) is 0. The van der Waals surface area contributed by atoms with Crippen molar-refractivity contribution in [2.45, 2.75) is 27.3 Å². The number of aryl methyl sites for hydroxylation is 2. The highest BCUT2D eigenvalue weighted by molar-refractivity contribution is 7.15. The summed E-state index contributed by atoms with van der Waals surface area (Å²) in [4.78, 5) is 29.6. The molecule has 0 bridgehead atoms. The van der Waals surface area contributed by atoms with Crippen molar-refractivity contribution in [3.63, 3.8) is 0 Å². The molecule has 0 unspecified atom stereocenters. The van der Waals surface area contributed by atoms with Crippen LogP contribution in [0, 0.1) is 25.2 Å². The lowest BCUT2D eigenvalue weighted by Crippen LogP contribution is -2.23. The molecule has 0 aliphatic carbocycles. The Balaban J connectivity index is 2.77. The monoisotopic (exact) mass is 291 g/mol. The van der Waals surface area contributed by atoms with Crippen LogP contribution < -0.4 is 5.56 Å². The van der Waals surface area contributed by atoms with Gasteiger partial charge in [-0.3, -0.25) is 9.36 Å². The highest BCUT2D eigenvalue weighted by atomic mass is 32.1. The molecule has 0 aromatic carbocycles. The number of thiophene rings is 1. The summed E-state index contributed by atoms with van der Waals surface area (Å²) in [5.74, 6) is -0.0627. The molecule has 104 valence electrons. The van der Waals surface area contributed by atoms with Crippen molar-refractivity contribution < 1.29 is 9.53 Å². The first-order valence-corrected chi connectivity index (χ1v) is 6.87. The molecule has 2 aromatic rings. The van der Waals surface area contributed by atoms with E-state index in [9.17, 15) is 9.59 Å². The molecule has 0 aliphatic rings. The van der Waals surface area contributed by atoms with Gasteiger partial charge in [0, 0.05) is 4.88 Å². The summed E-state index contributed by atoms with van der Waals surface area (Å²) in [5, 5.41) is 9.15. The molecule has 6 nitrogen and oxygen atoms in total. The first-order chi connectivity index (χ1) is 9.51. The Hall–Kier alpha value is -2.20. The van der Waals surface area contributed by atoms with E-state index in [1.54, 1.807) is 20.8 Å². The fraction of sp³-hybridized carbons (Fsp3) is 0.385. The topological polar surface area (TPSA) is 85.0 Å². The predicted octanol–water partition coefficient (Wildman–Crippen LogP) is 1.78. The van der Waals surface area contributed by atoms with Crippen LogP contribution in [-0.4, -0.2) is 22.1 Å². The number of rotatable bonds is 3. The predicted molar refractivity (Wildman–Crippen MR) is 74.9 cm³/mol. The fourth-order valence-electron chi connectivity index (χ4n) is 1.99. The molecule has 0 fully saturated rings. The van der Waals surface area contributed by atoms with E-state index in [1.165, 1.54) is 15.9 Å². The number of nitriles is 1. The number of esters is 1. The molecule has 0 radical (unpaired) electrons. The smallest absolute Gasteiger partial charge is 0.350 e. The summed E-state index contributed by atoms with van der Waals surface area (Å²) < 4.78 is 6.28. The third-order valence-electron chi connectivity index (χ3n) is 2.87. The lowest BCUT2D eigenvalue weighted by atomic mass is 10.2. The maximum absolute atomic E-state index is 12.4. The van der Waals surface area contributed by atoms with Gasteiger partial charge in [0.2, 0.25) is 0 Å². The summed E-state index contributed by atoms with van der Waals surface area (Å²) in [5.41, 5.74) is 0.0704. The van der Waals surface area contributed by atoms with E-state index in [-0.39, 0.29) is 18.7 Å². The normalized spacial score (nSPS) is 10.5. The van der Waals surface area contributed by atoms with Crippen LogP contribution in [0.2, 0.25) is 0 Å². The van der Waals surface area contributed by atoms with Crippen molar-refractivity contribution in [3.8, 4) is 6.07 Å². The molecule has 2 aromatic heterocycles. The van der Waals surface area contributed by atoms with Crippen LogP contribution in [-0.2, 0) is 11.3 Å². The van der Waals surface area contributed by atoms with Gasteiger partial charge in [0.25, 0.3) is 5.56 Å². The van der Waals surface area contributed by atoms with Crippen LogP contribution in [0.3, 0.4) is 0 Å². The molecule has 0 atom stereocenters. The minimum absolute atomic E-state index is 0.0579.